The molecule has 1 N–H and O–H groups in total. The fourth-order valence-corrected chi connectivity index (χ4v) is 3.45. The molecule has 0 spiro atoms. The lowest BCUT2D eigenvalue weighted by Gasteiger charge is -2.25. The third kappa shape index (κ3) is 8.12. The molecule has 0 atom stereocenters. The average molecular weight is 348 g/mol. The van der Waals surface area contributed by atoms with E-state index in [1.165, 1.54) is 0 Å². The van der Waals surface area contributed by atoms with E-state index in [0.717, 1.165) is 0 Å². The summed E-state index contributed by atoms with van der Waals surface area (Å²) in [5.74, 6) is -0.465. The van der Waals surface area contributed by atoms with Crippen LogP contribution in [0.4, 0.5) is 4.79 Å². The molecule has 0 unspecified atom stereocenters. The van der Waals surface area contributed by atoms with Gasteiger partial charge < -0.3 is 28.2 Å². The molecule has 0 saturated heterocycles. The Hall–Kier alpha value is -1.42. The van der Waals surface area contributed by atoms with Gasteiger partial charge in [-0.1, -0.05) is 6.58 Å². The summed E-state index contributed by atoms with van der Waals surface area (Å²) in [5.41, 5.74) is 0.329. The highest BCUT2D eigenvalue weighted by atomic mass is 28.4. The first-order chi connectivity index (χ1) is 10.8. The molecule has 0 aliphatic heterocycles. The van der Waals surface area contributed by atoms with Crippen molar-refractivity contribution in [1.29, 1.82) is 0 Å². The van der Waals surface area contributed by atoms with E-state index in [1.807, 2.05) is 0 Å². The second kappa shape index (κ2) is 11.2. The Kier molecular flexibility index (Phi) is 10.5. The van der Waals surface area contributed by atoms with Gasteiger partial charge in [-0.15, -0.1) is 0 Å². The van der Waals surface area contributed by atoms with Gasteiger partial charge in [0.25, 0.3) is 0 Å². The Balaban J connectivity index is 3.98. The molecule has 0 aliphatic carbocycles. The van der Waals surface area contributed by atoms with E-state index in [0.29, 0.717) is 24.6 Å². The van der Waals surface area contributed by atoms with E-state index in [1.54, 1.807) is 40.2 Å². The van der Waals surface area contributed by atoms with Crippen molar-refractivity contribution in [2.75, 3.05) is 48.1 Å². The quantitative estimate of drug-likeness (QED) is 0.260. The fourth-order valence-electron chi connectivity index (χ4n) is 1.75. The highest BCUT2D eigenvalue weighted by molar-refractivity contribution is 6.60. The summed E-state index contributed by atoms with van der Waals surface area (Å²) in [5, 5.41) is 2.66. The number of carbonyl (C=O) groups excluding carboxylic acids is 2. The highest BCUT2D eigenvalue weighted by Gasteiger charge is 2.37. The lowest BCUT2D eigenvalue weighted by molar-refractivity contribution is -0.138. The summed E-state index contributed by atoms with van der Waals surface area (Å²) in [6, 6.07) is 0.376. The number of nitrogens with one attached hydrogen (secondary N) is 1. The summed E-state index contributed by atoms with van der Waals surface area (Å²) in [6.07, 6.45) is 0.691. The molecule has 0 bridgehead atoms. The molecule has 0 fully saturated rings. The molecule has 9 heteroatoms. The number of esters is 1. The predicted molar refractivity (Wildman–Crippen MR) is 88.0 cm³/mol. The van der Waals surface area contributed by atoms with E-state index in [4.69, 9.17) is 18.0 Å². The van der Waals surface area contributed by atoms with Crippen LogP contribution in [0.5, 0.6) is 0 Å². The van der Waals surface area contributed by atoms with E-state index in [-0.39, 0.29) is 19.2 Å². The number of ether oxygens (including phenoxy) is 1. The van der Waals surface area contributed by atoms with Crippen molar-refractivity contribution >= 4 is 20.8 Å². The maximum atomic E-state index is 11.9. The predicted octanol–water partition coefficient (Wildman–Crippen LogP) is 1.02. The summed E-state index contributed by atoms with van der Waals surface area (Å²) in [4.78, 5) is 24.6. The smallest absolute Gasteiger partial charge is 0.460 e. The number of hydrogen-bond acceptors (Lipinski definition) is 6. The van der Waals surface area contributed by atoms with Crippen LogP contribution in [0.25, 0.3) is 0 Å². The molecule has 8 nitrogen and oxygen atoms in total. The first-order valence-corrected chi connectivity index (χ1v) is 9.22. The second-order valence-electron chi connectivity index (χ2n) is 4.97. The molecule has 134 valence electrons. The van der Waals surface area contributed by atoms with Gasteiger partial charge in [-0.3, -0.25) is 0 Å². The standard InChI is InChI=1S/C14H28N2O6Si/c1-12(2)13(17)22-10-8-15-14(18)16(3)9-7-11-23(19-4,20-5)21-6/h1,7-11H2,2-6H3,(H,15,18). The molecule has 0 aromatic rings. The second-order valence-corrected chi connectivity index (χ2v) is 8.06. The molecule has 0 saturated carbocycles. The first-order valence-electron chi connectivity index (χ1n) is 7.29. The SMILES string of the molecule is C=C(C)C(=O)OCCNC(=O)N(C)CCC[Si](OC)(OC)OC. The maximum Gasteiger partial charge on any atom is 0.500 e. The Labute approximate surface area is 139 Å². The average Bonchev–Trinajstić information content (AvgIpc) is 2.55. The summed E-state index contributed by atoms with van der Waals surface area (Å²) < 4.78 is 20.8. The van der Waals surface area contributed by atoms with Gasteiger partial charge in [-0.05, 0) is 13.3 Å². The van der Waals surface area contributed by atoms with Crippen LogP contribution in [0.1, 0.15) is 13.3 Å². The molecule has 0 rings (SSSR count). The maximum absolute atomic E-state index is 11.9. The van der Waals surface area contributed by atoms with Crippen molar-refractivity contribution in [3.63, 3.8) is 0 Å². The molecule has 0 aromatic heterocycles. The van der Waals surface area contributed by atoms with Crippen molar-refractivity contribution < 1.29 is 27.6 Å². The third-order valence-corrected chi connectivity index (χ3v) is 6.05. The lowest BCUT2D eigenvalue weighted by atomic mass is 10.4. The molecular weight excluding hydrogens is 320 g/mol. The normalized spacial score (nSPS) is 11.0. The number of hydrogen-bond donors (Lipinski definition) is 1. The molecule has 0 aromatic carbocycles. The van der Waals surface area contributed by atoms with Gasteiger partial charge in [0.05, 0.1) is 6.54 Å². The molecule has 23 heavy (non-hydrogen) atoms. The highest BCUT2D eigenvalue weighted by Crippen LogP contribution is 2.15. The van der Waals surface area contributed by atoms with Gasteiger partial charge in [-0.2, -0.15) is 0 Å². The Morgan fingerprint density at radius 2 is 1.74 bits per heavy atom. The van der Waals surface area contributed by atoms with Crippen molar-refractivity contribution in [2.24, 2.45) is 0 Å². The Bertz CT molecular complexity index is 392. The van der Waals surface area contributed by atoms with Crippen LogP contribution >= 0.6 is 0 Å². The largest absolute Gasteiger partial charge is 0.500 e. The van der Waals surface area contributed by atoms with E-state index in [9.17, 15) is 9.59 Å². The van der Waals surface area contributed by atoms with Gasteiger partial charge >= 0.3 is 20.8 Å². The van der Waals surface area contributed by atoms with Gasteiger partial charge in [0, 0.05) is 46.5 Å². The molecular formula is C14H28N2O6Si. The summed E-state index contributed by atoms with van der Waals surface area (Å²) in [7, 11) is 3.76. The first kappa shape index (κ1) is 21.6. The van der Waals surface area contributed by atoms with Crippen LogP contribution in [0.2, 0.25) is 6.04 Å². The van der Waals surface area contributed by atoms with Crippen molar-refractivity contribution in [3.8, 4) is 0 Å². The number of carbonyl (C=O) groups is 2. The lowest BCUT2D eigenvalue weighted by Crippen LogP contribution is -2.44. The van der Waals surface area contributed by atoms with Crippen LogP contribution in [0.3, 0.4) is 0 Å². The number of nitrogens with zero attached hydrogens (tertiary/aromatic N) is 1. The van der Waals surface area contributed by atoms with Gasteiger partial charge in [0.15, 0.2) is 0 Å². The minimum Gasteiger partial charge on any atom is -0.460 e. The molecule has 0 radical (unpaired) electrons. The molecule has 2 amide bonds. The fraction of sp³-hybridized carbons (Fsp3) is 0.714. The van der Waals surface area contributed by atoms with Crippen molar-refractivity contribution in [3.05, 3.63) is 12.2 Å². The topological polar surface area (TPSA) is 86.3 Å². The summed E-state index contributed by atoms with van der Waals surface area (Å²) >= 11 is 0. The van der Waals surface area contributed by atoms with Crippen LogP contribution in [-0.2, 0) is 22.8 Å². The Morgan fingerprint density at radius 1 is 1.17 bits per heavy atom. The molecule has 0 heterocycles. The van der Waals surface area contributed by atoms with E-state index < -0.39 is 14.8 Å². The minimum atomic E-state index is -2.60. The molecule has 0 aliphatic rings. The minimum absolute atomic E-state index is 0.109. The number of amides is 2. The number of rotatable bonds is 11. The number of urea groups is 1. The summed E-state index contributed by atoms with van der Waals surface area (Å²) in [6.45, 7) is 5.93. The van der Waals surface area contributed by atoms with Crippen LogP contribution in [0.15, 0.2) is 12.2 Å². The van der Waals surface area contributed by atoms with Crippen molar-refractivity contribution in [2.45, 2.75) is 19.4 Å². The zero-order valence-electron chi connectivity index (χ0n) is 14.6. The zero-order chi connectivity index (χ0) is 17.9. The van der Waals surface area contributed by atoms with E-state index in [2.05, 4.69) is 11.9 Å². The van der Waals surface area contributed by atoms with Gasteiger partial charge in [0.2, 0.25) is 0 Å². The zero-order valence-corrected chi connectivity index (χ0v) is 15.6. The Morgan fingerprint density at radius 3 is 2.22 bits per heavy atom. The third-order valence-electron chi connectivity index (χ3n) is 3.22. The van der Waals surface area contributed by atoms with Gasteiger partial charge in [0.1, 0.15) is 6.61 Å². The van der Waals surface area contributed by atoms with Crippen LogP contribution in [0, 0.1) is 0 Å². The van der Waals surface area contributed by atoms with E-state index >= 15 is 0 Å². The van der Waals surface area contributed by atoms with Gasteiger partial charge in [-0.25, -0.2) is 9.59 Å². The van der Waals surface area contributed by atoms with Crippen LogP contribution in [-0.4, -0.2) is 73.8 Å². The van der Waals surface area contributed by atoms with Crippen LogP contribution < -0.4 is 5.32 Å². The monoisotopic (exact) mass is 348 g/mol. The van der Waals surface area contributed by atoms with Crippen molar-refractivity contribution in [1.82, 2.24) is 10.2 Å².